The normalized spacial score (nSPS) is 13.2. The first kappa shape index (κ1) is 69.1. The van der Waals surface area contributed by atoms with E-state index in [4.69, 9.17) is 0 Å². The van der Waals surface area contributed by atoms with Crippen LogP contribution in [0, 0.1) is 0 Å². The van der Waals surface area contributed by atoms with Gasteiger partial charge in [-0.25, -0.2) is 0 Å². The molecule has 0 saturated carbocycles. The van der Waals surface area contributed by atoms with Crippen LogP contribution in [-0.4, -0.2) is 46.1 Å². The van der Waals surface area contributed by atoms with Gasteiger partial charge in [-0.05, 0) is 38.5 Å². The van der Waals surface area contributed by atoms with Crippen molar-refractivity contribution in [3.05, 3.63) is 12.2 Å². The van der Waals surface area contributed by atoms with Gasteiger partial charge in [0.2, 0.25) is 5.91 Å². The van der Waals surface area contributed by atoms with Crippen LogP contribution in [0.15, 0.2) is 12.2 Å². The van der Waals surface area contributed by atoms with E-state index in [0.29, 0.717) is 12.8 Å². The molecule has 0 aliphatic rings. The van der Waals surface area contributed by atoms with Crippen LogP contribution in [-0.2, 0) is 4.79 Å². The van der Waals surface area contributed by atoms with Crippen molar-refractivity contribution in [2.75, 3.05) is 6.61 Å². The van der Waals surface area contributed by atoms with Crippen LogP contribution in [0.4, 0.5) is 0 Å². The van der Waals surface area contributed by atoms with Gasteiger partial charge in [0.1, 0.15) is 0 Å². The molecule has 3 atom stereocenters. The lowest BCUT2D eigenvalue weighted by Gasteiger charge is -2.23. The first-order valence-corrected chi connectivity index (χ1v) is 32.5. The summed E-state index contributed by atoms with van der Waals surface area (Å²) in [6, 6.07) is -0.657. The third-order valence-corrected chi connectivity index (χ3v) is 15.6. The first-order valence-electron chi connectivity index (χ1n) is 32.5. The van der Waals surface area contributed by atoms with E-state index in [1.165, 1.54) is 315 Å². The average Bonchev–Trinajstić information content (AvgIpc) is 3.36. The Morgan fingerprint density at radius 2 is 0.571 bits per heavy atom. The van der Waals surface area contributed by atoms with E-state index < -0.39 is 18.2 Å². The summed E-state index contributed by atoms with van der Waals surface area (Å²) >= 11 is 0. The number of carbonyl (C=O) groups is 1. The van der Waals surface area contributed by atoms with Gasteiger partial charge >= 0.3 is 0 Å². The number of rotatable bonds is 61. The van der Waals surface area contributed by atoms with Gasteiger partial charge in [-0.15, -0.1) is 0 Å². The van der Waals surface area contributed by atoms with Crippen LogP contribution in [0.1, 0.15) is 373 Å². The number of aliphatic hydroxyl groups excluding tert-OH is 3. The summed E-state index contributed by atoms with van der Waals surface area (Å²) in [6.07, 6.45) is 77.0. The van der Waals surface area contributed by atoms with E-state index in [1.807, 2.05) is 0 Å². The lowest BCUT2D eigenvalue weighted by molar-refractivity contribution is -0.125. The number of allylic oxidation sites excluding steroid dienone is 2. The molecule has 0 aromatic rings. The number of hydrogen-bond donors (Lipinski definition) is 4. The molecule has 0 aliphatic heterocycles. The summed E-state index contributed by atoms with van der Waals surface area (Å²) < 4.78 is 0. The third kappa shape index (κ3) is 56.4. The predicted molar refractivity (Wildman–Crippen MR) is 310 cm³/mol. The number of nitrogens with one attached hydrogen (secondary N) is 1. The van der Waals surface area contributed by atoms with Gasteiger partial charge in [0.15, 0.2) is 0 Å². The van der Waals surface area contributed by atoms with Crippen LogP contribution in [0.25, 0.3) is 0 Å². The summed E-state index contributed by atoms with van der Waals surface area (Å²) in [5.74, 6) is -0.275. The minimum Gasteiger partial charge on any atom is -0.394 e. The van der Waals surface area contributed by atoms with Crippen molar-refractivity contribution in [3.8, 4) is 0 Å². The minimum atomic E-state index is -0.748. The van der Waals surface area contributed by atoms with Crippen molar-refractivity contribution in [2.24, 2.45) is 0 Å². The van der Waals surface area contributed by atoms with Gasteiger partial charge in [0, 0.05) is 0 Å². The molecule has 418 valence electrons. The van der Waals surface area contributed by atoms with Gasteiger partial charge in [-0.3, -0.25) is 4.79 Å². The quantitative estimate of drug-likeness (QED) is 0.0361. The van der Waals surface area contributed by atoms with Crippen LogP contribution in [0.5, 0.6) is 0 Å². The molecule has 0 aliphatic carbocycles. The van der Waals surface area contributed by atoms with Crippen molar-refractivity contribution in [2.45, 2.75) is 392 Å². The molecule has 0 rings (SSSR count). The fourth-order valence-electron chi connectivity index (χ4n) is 10.6. The molecule has 0 spiro atoms. The molecule has 0 radical (unpaired) electrons. The molecule has 0 bridgehead atoms. The van der Waals surface area contributed by atoms with Crippen molar-refractivity contribution in [1.29, 1.82) is 0 Å². The van der Waals surface area contributed by atoms with Crippen molar-refractivity contribution in [3.63, 3.8) is 0 Å². The second-order valence-corrected chi connectivity index (χ2v) is 22.7. The van der Waals surface area contributed by atoms with E-state index in [2.05, 4.69) is 31.3 Å². The van der Waals surface area contributed by atoms with Gasteiger partial charge in [0.25, 0.3) is 0 Å². The number of aliphatic hydroxyl groups is 3. The fourth-order valence-corrected chi connectivity index (χ4v) is 10.6. The highest BCUT2D eigenvalue weighted by molar-refractivity contribution is 5.76. The van der Waals surface area contributed by atoms with Crippen molar-refractivity contribution >= 4 is 5.91 Å². The average molecular weight is 989 g/mol. The molecule has 4 N–H and O–H groups in total. The summed E-state index contributed by atoms with van der Waals surface area (Å²) in [6.45, 7) is 4.32. The molecule has 70 heavy (non-hydrogen) atoms. The van der Waals surface area contributed by atoms with Crippen molar-refractivity contribution in [1.82, 2.24) is 5.32 Å². The smallest absolute Gasteiger partial charge is 0.222 e. The maximum atomic E-state index is 12.6. The van der Waals surface area contributed by atoms with Crippen LogP contribution in [0.2, 0.25) is 0 Å². The van der Waals surface area contributed by atoms with Gasteiger partial charge in [-0.1, -0.05) is 341 Å². The lowest BCUT2D eigenvalue weighted by Crippen LogP contribution is -2.46. The maximum Gasteiger partial charge on any atom is 0.222 e. The number of unbranched alkanes of at least 4 members (excludes halogenated alkanes) is 50. The molecule has 0 saturated heterocycles. The standard InChI is InChI=1S/C65H129NO4/c1-3-5-7-9-11-13-15-17-19-21-23-25-27-28-29-30-31-32-33-34-35-36-37-38-40-42-44-46-48-50-52-54-56-58-62(68)60-65(70)66-63(61-67)64(69)59-57-55-53-51-49-47-45-43-41-39-26-24-22-20-18-16-14-12-10-8-6-4-2/h30-31,62-64,67-69H,3-29,32-61H2,1-2H3,(H,66,70)/b31-30-. The number of amides is 1. The zero-order valence-corrected chi connectivity index (χ0v) is 47.9. The Kier molecular flexibility index (Phi) is 59.9. The Bertz CT molecular complexity index is 1000. The lowest BCUT2D eigenvalue weighted by atomic mass is 10.0. The Morgan fingerprint density at radius 3 is 0.829 bits per heavy atom. The number of carbonyl (C=O) groups excluding carboxylic acids is 1. The number of hydrogen-bond acceptors (Lipinski definition) is 4. The van der Waals surface area contributed by atoms with E-state index in [-0.39, 0.29) is 18.9 Å². The SMILES string of the molecule is CCCCCCCCCCCCCCCC/C=C\CCCCCCCCCCCCCCCCCC(O)CC(=O)NC(CO)C(O)CCCCCCCCCCCCCCCCCCCCCCCC. The molecule has 5 heteroatoms. The Morgan fingerprint density at radius 1 is 0.343 bits per heavy atom. The van der Waals surface area contributed by atoms with Gasteiger partial charge in [0.05, 0.1) is 31.3 Å². The zero-order valence-electron chi connectivity index (χ0n) is 47.9. The second-order valence-electron chi connectivity index (χ2n) is 22.7. The molecule has 1 amide bonds. The zero-order chi connectivity index (χ0) is 50.7. The van der Waals surface area contributed by atoms with E-state index in [1.54, 1.807) is 0 Å². The van der Waals surface area contributed by atoms with Crippen LogP contribution < -0.4 is 5.32 Å². The topological polar surface area (TPSA) is 89.8 Å². The van der Waals surface area contributed by atoms with E-state index in [0.717, 1.165) is 25.7 Å². The molecule has 3 unspecified atom stereocenters. The summed E-state index contributed by atoms with van der Waals surface area (Å²) in [7, 11) is 0. The third-order valence-electron chi connectivity index (χ3n) is 15.6. The van der Waals surface area contributed by atoms with Crippen LogP contribution >= 0.6 is 0 Å². The predicted octanol–water partition coefficient (Wildman–Crippen LogP) is 20.6. The molecule has 0 fully saturated rings. The Hall–Kier alpha value is -0.910. The first-order chi connectivity index (χ1) is 34.5. The minimum absolute atomic E-state index is 0.0415. The highest BCUT2D eigenvalue weighted by atomic mass is 16.3. The Labute approximate surface area is 440 Å². The van der Waals surface area contributed by atoms with Gasteiger partial charge < -0.3 is 20.6 Å². The molecule has 0 aromatic carbocycles. The van der Waals surface area contributed by atoms with Gasteiger partial charge in [-0.2, -0.15) is 0 Å². The monoisotopic (exact) mass is 988 g/mol. The molecular weight excluding hydrogens is 859 g/mol. The summed E-state index contributed by atoms with van der Waals surface area (Å²) in [5, 5.41) is 33.7. The summed E-state index contributed by atoms with van der Waals surface area (Å²) in [4.78, 5) is 12.6. The molecule has 0 heterocycles. The molecule has 0 aromatic heterocycles. The maximum absolute atomic E-state index is 12.6. The molecular formula is C65H129NO4. The van der Waals surface area contributed by atoms with Crippen LogP contribution in [0.3, 0.4) is 0 Å². The van der Waals surface area contributed by atoms with E-state index in [9.17, 15) is 20.1 Å². The highest BCUT2D eigenvalue weighted by Crippen LogP contribution is 2.19. The Balaban J connectivity index is 3.46. The van der Waals surface area contributed by atoms with E-state index >= 15 is 0 Å². The van der Waals surface area contributed by atoms with Crippen molar-refractivity contribution < 1.29 is 20.1 Å². The fraction of sp³-hybridized carbons (Fsp3) is 0.954. The highest BCUT2D eigenvalue weighted by Gasteiger charge is 2.21. The largest absolute Gasteiger partial charge is 0.394 e. The summed E-state index contributed by atoms with van der Waals surface area (Å²) in [5.41, 5.74) is 0. The molecule has 5 nitrogen and oxygen atoms in total. The second kappa shape index (κ2) is 60.6.